The molecule has 0 amide bonds. The van der Waals surface area contributed by atoms with Crippen molar-refractivity contribution in [1.29, 1.82) is 0 Å². The van der Waals surface area contributed by atoms with E-state index in [1.54, 1.807) is 11.3 Å². The van der Waals surface area contributed by atoms with Crippen LogP contribution in [0, 0.1) is 0 Å². The molecule has 2 atom stereocenters. The smallest absolute Gasteiger partial charge is 0.125 e. The highest BCUT2D eigenvalue weighted by atomic mass is 32.1. The number of piperidine rings is 1. The largest absolute Gasteiger partial charge is 0.380 e. The van der Waals surface area contributed by atoms with Gasteiger partial charge in [-0.25, -0.2) is 9.97 Å². The normalized spacial score (nSPS) is 19.9. The van der Waals surface area contributed by atoms with Crippen LogP contribution in [-0.2, 0) is 4.74 Å². The third-order valence-electron chi connectivity index (χ3n) is 6.28. The molecule has 31 heavy (non-hydrogen) atoms. The Labute approximate surface area is 191 Å². The fraction of sp³-hybridized carbons (Fsp3) is 0.417. The number of fused-ring (bicyclic) bond motifs is 2. The number of likely N-dealkylation sites (tertiary alicyclic amines) is 1. The van der Waals surface area contributed by atoms with Crippen molar-refractivity contribution in [2.24, 2.45) is 0 Å². The van der Waals surface area contributed by atoms with E-state index in [0.717, 1.165) is 41.5 Å². The molecule has 1 saturated heterocycles. The standard InChI is InChI=1S/C24H28N4OS2/c1-3-29-12-11-28-10-4-5-18(16(28)2)23-14-19-20(8-9-25-24(19)31-23)27-17-6-7-22-21(13-17)26-15-30-22/h6-9,13-16,18H,3-5,10-12H2,1-2H3,(H,25,27)/t16-,18-/m1/s1. The topological polar surface area (TPSA) is 50.3 Å². The van der Waals surface area contributed by atoms with Gasteiger partial charge in [-0.3, -0.25) is 4.90 Å². The van der Waals surface area contributed by atoms with Crippen molar-refractivity contribution < 1.29 is 4.74 Å². The van der Waals surface area contributed by atoms with Crippen LogP contribution in [0.4, 0.5) is 11.4 Å². The number of nitrogens with zero attached hydrogens (tertiary/aromatic N) is 3. The summed E-state index contributed by atoms with van der Waals surface area (Å²) in [7, 11) is 0. The fourth-order valence-electron chi connectivity index (χ4n) is 4.58. The number of hydrogen-bond donors (Lipinski definition) is 1. The van der Waals surface area contributed by atoms with E-state index in [2.05, 4.69) is 64.4 Å². The van der Waals surface area contributed by atoms with Crippen LogP contribution < -0.4 is 5.32 Å². The van der Waals surface area contributed by atoms with Crippen LogP contribution in [0.1, 0.15) is 37.5 Å². The number of aromatic nitrogens is 2. The number of anilines is 2. The van der Waals surface area contributed by atoms with Gasteiger partial charge in [0, 0.05) is 47.3 Å². The maximum absolute atomic E-state index is 5.61. The van der Waals surface area contributed by atoms with Gasteiger partial charge in [-0.1, -0.05) is 0 Å². The molecule has 7 heteroatoms. The van der Waals surface area contributed by atoms with Gasteiger partial charge < -0.3 is 10.1 Å². The summed E-state index contributed by atoms with van der Waals surface area (Å²) < 4.78 is 6.82. The summed E-state index contributed by atoms with van der Waals surface area (Å²) in [6.45, 7) is 8.22. The average Bonchev–Trinajstić information content (AvgIpc) is 3.42. The molecule has 5 rings (SSSR count). The minimum absolute atomic E-state index is 0.519. The highest BCUT2D eigenvalue weighted by Gasteiger charge is 2.30. The van der Waals surface area contributed by atoms with E-state index in [4.69, 9.17) is 4.74 Å². The molecule has 0 aliphatic carbocycles. The number of pyridine rings is 1. The van der Waals surface area contributed by atoms with Gasteiger partial charge in [0.05, 0.1) is 28.0 Å². The predicted octanol–water partition coefficient (Wildman–Crippen LogP) is 6.25. The minimum Gasteiger partial charge on any atom is -0.380 e. The van der Waals surface area contributed by atoms with E-state index in [0.29, 0.717) is 12.0 Å². The second kappa shape index (κ2) is 9.20. The van der Waals surface area contributed by atoms with Gasteiger partial charge >= 0.3 is 0 Å². The molecule has 1 aliphatic heterocycles. The SMILES string of the molecule is CCOCCN1CCC[C@@H](c2cc3c(Nc4ccc5scnc5c4)ccnc3s2)[C@H]1C. The molecule has 5 nitrogen and oxygen atoms in total. The molecule has 4 heterocycles. The van der Waals surface area contributed by atoms with Gasteiger partial charge in [0.2, 0.25) is 0 Å². The zero-order chi connectivity index (χ0) is 21.2. The second-order valence-corrected chi connectivity index (χ2v) is 10.1. The molecule has 0 unspecified atom stereocenters. The number of rotatable bonds is 7. The molecule has 1 fully saturated rings. The summed E-state index contributed by atoms with van der Waals surface area (Å²) in [5, 5.41) is 4.81. The second-order valence-electron chi connectivity index (χ2n) is 8.11. The molecular weight excluding hydrogens is 424 g/mol. The van der Waals surface area contributed by atoms with Gasteiger partial charge in [0.25, 0.3) is 0 Å². The Morgan fingerprint density at radius 2 is 2.16 bits per heavy atom. The molecule has 0 bridgehead atoms. The molecule has 0 radical (unpaired) electrons. The maximum Gasteiger partial charge on any atom is 0.125 e. The lowest BCUT2D eigenvalue weighted by Crippen LogP contribution is -2.43. The van der Waals surface area contributed by atoms with Gasteiger partial charge in [0.15, 0.2) is 0 Å². The quantitative estimate of drug-likeness (QED) is 0.336. The molecule has 4 aromatic rings. The number of hydrogen-bond acceptors (Lipinski definition) is 7. The van der Waals surface area contributed by atoms with E-state index in [-0.39, 0.29) is 0 Å². The summed E-state index contributed by atoms with van der Waals surface area (Å²) in [4.78, 5) is 14.3. The number of thiophene rings is 1. The molecule has 1 aliphatic rings. The fourth-order valence-corrected chi connectivity index (χ4v) is 6.49. The van der Waals surface area contributed by atoms with Crippen molar-refractivity contribution in [1.82, 2.24) is 14.9 Å². The third-order valence-corrected chi connectivity index (χ3v) is 8.26. The Morgan fingerprint density at radius 3 is 3.06 bits per heavy atom. The molecule has 3 aromatic heterocycles. The van der Waals surface area contributed by atoms with Crippen LogP contribution in [0.25, 0.3) is 20.4 Å². The van der Waals surface area contributed by atoms with Gasteiger partial charge in [-0.05, 0) is 63.6 Å². The highest BCUT2D eigenvalue weighted by molar-refractivity contribution is 7.18. The molecule has 1 N–H and O–H groups in total. The van der Waals surface area contributed by atoms with Crippen molar-refractivity contribution in [3.63, 3.8) is 0 Å². The van der Waals surface area contributed by atoms with E-state index >= 15 is 0 Å². The Morgan fingerprint density at radius 1 is 1.23 bits per heavy atom. The van der Waals surface area contributed by atoms with E-state index in [1.807, 2.05) is 23.0 Å². The van der Waals surface area contributed by atoms with Crippen LogP contribution in [0.2, 0.25) is 0 Å². The van der Waals surface area contributed by atoms with Crippen LogP contribution in [-0.4, -0.2) is 47.2 Å². The molecule has 162 valence electrons. The summed E-state index contributed by atoms with van der Waals surface area (Å²) in [5.41, 5.74) is 5.10. The first-order valence-corrected chi connectivity index (χ1v) is 12.7. The molecule has 0 spiro atoms. The third kappa shape index (κ3) is 4.32. The van der Waals surface area contributed by atoms with Crippen molar-refractivity contribution >= 4 is 54.5 Å². The average molecular weight is 453 g/mol. The first-order chi connectivity index (χ1) is 15.2. The van der Waals surface area contributed by atoms with Gasteiger partial charge in [-0.2, -0.15) is 0 Å². The van der Waals surface area contributed by atoms with Crippen molar-refractivity contribution in [2.75, 3.05) is 31.6 Å². The zero-order valence-electron chi connectivity index (χ0n) is 18.0. The lowest BCUT2D eigenvalue weighted by atomic mass is 9.88. The van der Waals surface area contributed by atoms with E-state index < -0.39 is 0 Å². The summed E-state index contributed by atoms with van der Waals surface area (Å²) in [6, 6.07) is 11.3. The minimum atomic E-state index is 0.519. The Kier molecular flexibility index (Phi) is 6.18. The lowest BCUT2D eigenvalue weighted by molar-refractivity contribution is 0.0748. The van der Waals surface area contributed by atoms with Crippen molar-refractivity contribution in [2.45, 2.75) is 38.6 Å². The van der Waals surface area contributed by atoms with Crippen LogP contribution in [0.5, 0.6) is 0 Å². The van der Waals surface area contributed by atoms with E-state index in [1.165, 1.54) is 34.3 Å². The summed E-state index contributed by atoms with van der Waals surface area (Å²) in [5.74, 6) is 0.550. The summed E-state index contributed by atoms with van der Waals surface area (Å²) >= 11 is 3.52. The Bertz CT molecular complexity index is 1170. The monoisotopic (exact) mass is 452 g/mol. The summed E-state index contributed by atoms with van der Waals surface area (Å²) in [6.07, 6.45) is 4.38. The Balaban J connectivity index is 1.39. The first kappa shape index (κ1) is 20.8. The maximum atomic E-state index is 5.61. The zero-order valence-corrected chi connectivity index (χ0v) is 19.6. The van der Waals surface area contributed by atoms with Crippen molar-refractivity contribution in [3.05, 3.63) is 46.9 Å². The number of nitrogens with one attached hydrogen (secondary N) is 1. The highest BCUT2D eigenvalue weighted by Crippen LogP contribution is 2.40. The van der Waals surface area contributed by atoms with E-state index in [9.17, 15) is 0 Å². The molecular formula is C24H28N4OS2. The van der Waals surface area contributed by atoms with Crippen LogP contribution in [0.3, 0.4) is 0 Å². The molecule has 1 aromatic carbocycles. The first-order valence-electron chi connectivity index (χ1n) is 11.0. The number of benzene rings is 1. The van der Waals surface area contributed by atoms with Crippen LogP contribution in [0.15, 0.2) is 42.0 Å². The van der Waals surface area contributed by atoms with Crippen LogP contribution >= 0.6 is 22.7 Å². The molecule has 0 saturated carbocycles. The van der Waals surface area contributed by atoms with Crippen molar-refractivity contribution in [3.8, 4) is 0 Å². The van der Waals surface area contributed by atoms with Gasteiger partial charge in [0.1, 0.15) is 4.83 Å². The lowest BCUT2D eigenvalue weighted by Gasteiger charge is -2.39. The van der Waals surface area contributed by atoms with Gasteiger partial charge in [-0.15, -0.1) is 22.7 Å². The predicted molar refractivity (Wildman–Crippen MR) is 132 cm³/mol. The number of ether oxygens (including phenoxy) is 1. The number of thiazole rings is 1. The Hall–Kier alpha value is -2.06.